The number of nitrogens with zero attached hydrogens (tertiary/aromatic N) is 2. The number of carbonyl (C=O) groups is 1. The van der Waals surface area contributed by atoms with Crippen LogP contribution in [0.4, 0.5) is 5.69 Å². The second-order valence-electron chi connectivity index (χ2n) is 6.33. The highest BCUT2D eigenvalue weighted by Crippen LogP contribution is 2.32. The third kappa shape index (κ3) is 5.35. The summed E-state index contributed by atoms with van der Waals surface area (Å²) >= 11 is 18.0. The Labute approximate surface area is 168 Å². The van der Waals surface area contributed by atoms with Crippen LogP contribution in [-0.4, -0.2) is 48.4 Å². The number of rotatable bonds is 5. The van der Waals surface area contributed by atoms with Gasteiger partial charge < -0.3 is 5.32 Å². The third-order valence-electron chi connectivity index (χ3n) is 4.37. The zero-order chi connectivity index (χ0) is 18.5. The molecule has 4 nitrogen and oxygen atoms in total. The van der Waals surface area contributed by atoms with Gasteiger partial charge in [0.15, 0.2) is 0 Å². The highest BCUT2D eigenvalue weighted by Gasteiger charge is 2.19. The smallest absolute Gasteiger partial charge is 0.238 e. The van der Waals surface area contributed by atoms with Crippen molar-refractivity contribution in [2.75, 3.05) is 38.0 Å². The van der Waals surface area contributed by atoms with Gasteiger partial charge in [0.1, 0.15) is 0 Å². The Bertz CT molecular complexity index is 762. The van der Waals surface area contributed by atoms with Gasteiger partial charge in [-0.15, -0.1) is 0 Å². The Kier molecular flexibility index (Phi) is 6.79. The van der Waals surface area contributed by atoms with Crippen molar-refractivity contribution in [2.24, 2.45) is 0 Å². The molecule has 1 fully saturated rings. The molecule has 1 aliphatic heterocycles. The lowest BCUT2D eigenvalue weighted by Crippen LogP contribution is -2.48. The fraction of sp³-hybridized carbons (Fsp3) is 0.316. The predicted molar refractivity (Wildman–Crippen MR) is 108 cm³/mol. The molecule has 26 heavy (non-hydrogen) atoms. The molecule has 1 N–H and O–H groups in total. The first-order valence-corrected chi connectivity index (χ1v) is 9.57. The van der Waals surface area contributed by atoms with Gasteiger partial charge >= 0.3 is 0 Å². The molecule has 0 atom stereocenters. The van der Waals surface area contributed by atoms with E-state index in [9.17, 15) is 4.79 Å². The van der Waals surface area contributed by atoms with E-state index in [-0.39, 0.29) is 5.91 Å². The largest absolute Gasteiger partial charge is 0.324 e. The number of carbonyl (C=O) groups excluding carboxylic acids is 1. The number of benzene rings is 2. The molecule has 7 heteroatoms. The van der Waals surface area contributed by atoms with E-state index in [1.54, 1.807) is 6.07 Å². The molecule has 1 saturated heterocycles. The van der Waals surface area contributed by atoms with Gasteiger partial charge in [0.05, 0.1) is 27.3 Å². The zero-order valence-electron chi connectivity index (χ0n) is 14.2. The molecule has 0 spiro atoms. The van der Waals surface area contributed by atoms with E-state index >= 15 is 0 Å². The van der Waals surface area contributed by atoms with E-state index in [2.05, 4.69) is 39.4 Å². The van der Waals surface area contributed by atoms with Crippen molar-refractivity contribution in [1.29, 1.82) is 0 Å². The van der Waals surface area contributed by atoms with Gasteiger partial charge in [-0.25, -0.2) is 0 Å². The molecule has 0 unspecified atom stereocenters. The van der Waals surface area contributed by atoms with Crippen LogP contribution >= 0.6 is 34.8 Å². The molecular weight excluding hydrogens is 393 g/mol. The highest BCUT2D eigenvalue weighted by atomic mass is 35.5. The second kappa shape index (κ2) is 9.07. The summed E-state index contributed by atoms with van der Waals surface area (Å²) in [6.45, 7) is 4.87. The molecule has 138 valence electrons. The maximum absolute atomic E-state index is 12.3. The number of nitrogens with one attached hydrogen (secondary N) is 1. The lowest BCUT2D eigenvalue weighted by molar-refractivity contribution is -0.117. The molecule has 0 aliphatic carbocycles. The maximum Gasteiger partial charge on any atom is 0.238 e. The summed E-state index contributed by atoms with van der Waals surface area (Å²) < 4.78 is 0. The molecule has 0 aromatic heterocycles. The van der Waals surface area contributed by atoms with Crippen LogP contribution in [0.25, 0.3) is 0 Å². The number of amides is 1. The molecule has 1 aliphatic rings. The monoisotopic (exact) mass is 411 g/mol. The summed E-state index contributed by atoms with van der Waals surface area (Å²) in [6.07, 6.45) is 0. The number of hydrogen-bond donors (Lipinski definition) is 1. The summed E-state index contributed by atoms with van der Waals surface area (Å²) in [5.41, 5.74) is 1.79. The van der Waals surface area contributed by atoms with Gasteiger partial charge in [0.2, 0.25) is 5.91 Å². The molecule has 1 heterocycles. The van der Waals surface area contributed by atoms with Crippen molar-refractivity contribution in [3.8, 4) is 0 Å². The van der Waals surface area contributed by atoms with Crippen LogP contribution in [0.3, 0.4) is 0 Å². The second-order valence-corrected chi connectivity index (χ2v) is 7.55. The number of halogens is 3. The van der Waals surface area contributed by atoms with Crippen LogP contribution in [0, 0.1) is 0 Å². The first-order chi connectivity index (χ1) is 12.5. The van der Waals surface area contributed by atoms with Crippen molar-refractivity contribution in [2.45, 2.75) is 6.54 Å². The van der Waals surface area contributed by atoms with E-state index in [4.69, 9.17) is 34.8 Å². The summed E-state index contributed by atoms with van der Waals surface area (Å²) in [5.74, 6) is -0.109. The van der Waals surface area contributed by atoms with Crippen LogP contribution in [0.15, 0.2) is 42.5 Å². The minimum absolute atomic E-state index is 0.109. The first-order valence-electron chi connectivity index (χ1n) is 8.44. The van der Waals surface area contributed by atoms with Crippen LogP contribution in [0.5, 0.6) is 0 Å². The predicted octanol–water partition coefficient (Wildman–Crippen LogP) is 4.40. The first kappa shape index (κ1) is 19.5. The zero-order valence-corrected chi connectivity index (χ0v) is 16.5. The number of anilines is 1. The Morgan fingerprint density at radius 1 is 0.885 bits per heavy atom. The third-order valence-corrected chi connectivity index (χ3v) is 5.40. The van der Waals surface area contributed by atoms with Gasteiger partial charge in [-0.1, -0.05) is 65.1 Å². The molecule has 0 bridgehead atoms. The molecule has 1 amide bonds. The van der Waals surface area contributed by atoms with Crippen LogP contribution in [-0.2, 0) is 11.3 Å². The van der Waals surface area contributed by atoms with E-state index in [1.807, 2.05) is 6.07 Å². The summed E-state index contributed by atoms with van der Waals surface area (Å²) in [4.78, 5) is 16.8. The molecule has 2 aromatic carbocycles. The van der Waals surface area contributed by atoms with Crippen LogP contribution < -0.4 is 5.32 Å². The Balaban J connectivity index is 1.47. The van der Waals surface area contributed by atoms with E-state index < -0.39 is 0 Å². The highest BCUT2D eigenvalue weighted by molar-refractivity contribution is 6.44. The number of hydrogen-bond acceptors (Lipinski definition) is 3. The average molecular weight is 413 g/mol. The van der Waals surface area contributed by atoms with Crippen molar-refractivity contribution in [3.05, 3.63) is 63.1 Å². The van der Waals surface area contributed by atoms with Gasteiger partial charge in [-0.3, -0.25) is 14.6 Å². The molecule has 0 saturated carbocycles. The Morgan fingerprint density at radius 2 is 1.50 bits per heavy atom. The van der Waals surface area contributed by atoms with Gasteiger partial charge in [0, 0.05) is 32.7 Å². The van der Waals surface area contributed by atoms with E-state index in [1.165, 1.54) is 11.6 Å². The maximum atomic E-state index is 12.3. The normalized spacial score (nSPS) is 15.8. The lowest BCUT2D eigenvalue weighted by Gasteiger charge is -2.34. The molecule has 3 rings (SSSR count). The molecular formula is C19H20Cl3N3O. The fourth-order valence-corrected chi connectivity index (χ4v) is 3.55. The fourth-order valence-electron chi connectivity index (χ4n) is 2.96. The number of piperazine rings is 1. The van der Waals surface area contributed by atoms with Crippen molar-refractivity contribution < 1.29 is 4.79 Å². The quantitative estimate of drug-likeness (QED) is 0.739. The molecule has 0 radical (unpaired) electrons. The van der Waals surface area contributed by atoms with E-state index in [0.29, 0.717) is 27.3 Å². The average Bonchev–Trinajstić information content (AvgIpc) is 2.62. The van der Waals surface area contributed by atoms with Gasteiger partial charge in [0.25, 0.3) is 0 Å². The molecule has 2 aromatic rings. The van der Waals surface area contributed by atoms with Crippen molar-refractivity contribution in [3.63, 3.8) is 0 Å². The van der Waals surface area contributed by atoms with Crippen molar-refractivity contribution >= 4 is 46.4 Å². The van der Waals surface area contributed by atoms with Crippen LogP contribution in [0.1, 0.15) is 5.56 Å². The standard InChI is InChI=1S/C19H20Cl3N3O/c20-15-10-17(22)18(11-16(15)21)23-19(26)13-25-8-6-24(7-9-25)12-14-4-2-1-3-5-14/h1-5,10-11H,6-9,12-13H2,(H,23,26). The van der Waals surface area contributed by atoms with Gasteiger partial charge in [-0.2, -0.15) is 0 Å². The minimum Gasteiger partial charge on any atom is -0.324 e. The summed E-state index contributed by atoms with van der Waals surface area (Å²) in [6, 6.07) is 13.5. The Hall–Kier alpha value is -1.30. The van der Waals surface area contributed by atoms with Gasteiger partial charge in [-0.05, 0) is 17.7 Å². The van der Waals surface area contributed by atoms with Crippen LogP contribution in [0.2, 0.25) is 15.1 Å². The topological polar surface area (TPSA) is 35.6 Å². The SMILES string of the molecule is O=C(CN1CCN(Cc2ccccc2)CC1)Nc1cc(Cl)c(Cl)cc1Cl. The van der Waals surface area contributed by atoms with E-state index in [0.717, 1.165) is 32.7 Å². The summed E-state index contributed by atoms with van der Waals surface area (Å²) in [5, 5.41) is 3.91. The van der Waals surface area contributed by atoms with Crippen molar-refractivity contribution in [1.82, 2.24) is 9.80 Å². The lowest BCUT2D eigenvalue weighted by atomic mass is 10.2. The Morgan fingerprint density at radius 3 is 2.19 bits per heavy atom. The summed E-state index contributed by atoms with van der Waals surface area (Å²) in [7, 11) is 0. The minimum atomic E-state index is -0.109.